The van der Waals surface area contributed by atoms with Crippen molar-refractivity contribution in [2.75, 3.05) is 20.8 Å². The highest BCUT2D eigenvalue weighted by atomic mass is 19.3. The number of hydrogen-bond acceptors (Lipinski definition) is 5. The van der Waals surface area contributed by atoms with E-state index >= 15 is 0 Å². The standard InChI is InChI=1S/C13H17F2NO4/c1-4-20-12(17)13(14,15)11(16)10-8(18-2)6-5-7-9(10)19-3/h5-7,11H,4,16H2,1-3H3/t11-/m1/s1. The van der Waals surface area contributed by atoms with Gasteiger partial charge in [0.25, 0.3) is 0 Å². The third-order valence-electron chi connectivity index (χ3n) is 2.72. The zero-order valence-electron chi connectivity index (χ0n) is 11.5. The second-order valence-electron chi connectivity index (χ2n) is 3.90. The van der Waals surface area contributed by atoms with Gasteiger partial charge in [0.1, 0.15) is 17.5 Å². The van der Waals surface area contributed by atoms with Gasteiger partial charge in [-0.2, -0.15) is 8.78 Å². The van der Waals surface area contributed by atoms with Gasteiger partial charge in [0.15, 0.2) is 0 Å². The zero-order chi connectivity index (χ0) is 15.3. The van der Waals surface area contributed by atoms with Crippen molar-refractivity contribution in [2.24, 2.45) is 5.73 Å². The van der Waals surface area contributed by atoms with Crippen LogP contribution in [-0.2, 0) is 9.53 Å². The van der Waals surface area contributed by atoms with E-state index in [0.29, 0.717) is 0 Å². The van der Waals surface area contributed by atoms with E-state index in [9.17, 15) is 13.6 Å². The molecule has 0 aliphatic carbocycles. The molecule has 1 aromatic carbocycles. The molecule has 0 heterocycles. The number of rotatable bonds is 6. The first-order valence-corrected chi connectivity index (χ1v) is 5.91. The molecule has 0 fully saturated rings. The lowest BCUT2D eigenvalue weighted by Crippen LogP contribution is -2.42. The summed E-state index contributed by atoms with van der Waals surface area (Å²) in [6.07, 6.45) is 0. The SMILES string of the molecule is CCOC(=O)C(F)(F)[C@H](N)c1c(OC)cccc1OC. The van der Waals surface area contributed by atoms with Crippen LogP contribution in [0.5, 0.6) is 11.5 Å². The fourth-order valence-electron chi connectivity index (χ4n) is 1.72. The van der Waals surface area contributed by atoms with Crippen LogP contribution in [0, 0.1) is 0 Å². The van der Waals surface area contributed by atoms with Crippen LogP contribution in [0.1, 0.15) is 18.5 Å². The number of halogens is 2. The molecule has 112 valence electrons. The predicted octanol–water partition coefficient (Wildman–Crippen LogP) is 1.90. The van der Waals surface area contributed by atoms with Crippen LogP contribution in [0.15, 0.2) is 18.2 Å². The lowest BCUT2D eigenvalue weighted by Gasteiger charge is -2.24. The van der Waals surface area contributed by atoms with Crippen LogP contribution >= 0.6 is 0 Å². The summed E-state index contributed by atoms with van der Waals surface area (Å²) in [6, 6.07) is 2.54. The molecule has 7 heteroatoms. The number of hydrogen-bond donors (Lipinski definition) is 1. The summed E-state index contributed by atoms with van der Waals surface area (Å²) in [5, 5.41) is 0. The summed E-state index contributed by atoms with van der Waals surface area (Å²) in [7, 11) is 2.63. The quantitative estimate of drug-likeness (QED) is 0.810. The van der Waals surface area contributed by atoms with Gasteiger partial charge in [-0.15, -0.1) is 0 Å². The minimum atomic E-state index is -3.89. The van der Waals surface area contributed by atoms with Crippen LogP contribution in [0.2, 0.25) is 0 Å². The van der Waals surface area contributed by atoms with Crippen molar-refractivity contribution >= 4 is 5.97 Å². The number of carbonyl (C=O) groups is 1. The Kier molecular flexibility index (Phi) is 5.26. The Morgan fingerprint density at radius 1 is 1.30 bits per heavy atom. The molecule has 5 nitrogen and oxygen atoms in total. The minimum absolute atomic E-state index is 0.0875. The Morgan fingerprint density at radius 2 is 1.80 bits per heavy atom. The highest BCUT2D eigenvalue weighted by Crippen LogP contribution is 2.40. The minimum Gasteiger partial charge on any atom is -0.496 e. The molecular formula is C13H17F2NO4. The first kappa shape index (κ1) is 16.2. The summed E-state index contributed by atoms with van der Waals surface area (Å²) >= 11 is 0. The first-order chi connectivity index (χ1) is 9.39. The maximum atomic E-state index is 14.0. The highest BCUT2D eigenvalue weighted by molar-refractivity contribution is 5.79. The molecule has 0 saturated carbocycles. The molecule has 0 aliphatic rings. The topological polar surface area (TPSA) is 70.8 Å². The van der Waals surface area contributed by atoms with E-state index < -0.39 is 17.9 Å². The van der Waals surface area contributed by atoms with Crippen molar-refractivity contribution in [1.29, 1.82) is 0 Å². The van der Waals surface area contributed by atoms with Crippen molar-refractivity contribution in [3.8, 4) is 11.5 Å². The van der Waals surface area contributed by atoms with Crippen LogP contribution in [0.3, 0.4) is 0 Å². The molecule has 0 amide bonds. The smallest absolute Gasteiger partial charge is 0.379 e. The average molecular weight is 289 g/mol. The van der Waals surface area contributed by atoms with Crippen molar-refractivity contribution in [2.45, 2.75) is 18.9 Å². The van der Waals surface area contributed by atoms with Gasteiger partial charge < -0.3 is 19.9 Å². The molecular weight excluding hydrogens is 272 g/mol. The van der Waals surface area contributed by atoms with E-state index in [0.717, 1.165) is 0 Å². The highest BCUT2D eigenvalue weighted by Gasteiger charge is 2.49. The number of ether oxygens (including phenoxy) is 3. The summed E-state index contributed by atoms with van der Waals surface area (Å²) in [6.45, 7) is 1.27. The number of benzene rings is 1. The molecule has 2 N–H and O–H groups in total. The van der Waals surface area contributed by atoms with Crippen LogP contribution in [0.25, 0.3) is 0 Å². The fraction of sp³-hybridized carbons (Fsp3) is 0.462. The van der Waals surface area contributed by atoms with Gasteiger partial charge >= 0.3 is 11.9 Å². The second-order valence-corrected chi connectivity index (χ2v) is 3.90. The molecule has 0 radical (unpaired) electrons. The molecule has 1 atom stereocenters. The Bertz CT molecular complexity index is 457. The largest absolute Gasteiger partial charge is 0.496 e. The van der Waals surface area contributed by atoms with Gasteiger partial charge in [-0.1, -0.05) is 6.07 Å². The lowest BCUT2D eigenvalue weighted by atomic mass is 9.99. The number of esters is 1. The van der Waals surface area contributed by atoms with Gasteiger partial charge in [-0.25, -0.2) is 4.79 Å². The van der Waals surface area contributed by atoms with Crippen molar-refractivity contribution in [1.82, 2.24) is 0 Å². The van der Waals surface area contributed by atoms with E-state index in [1.807, 2.05) is 0 Å². The zero-order valence-corrected chi connectivity index (χ0v) is 11.5. The molecule has 0 spiro atoms. The monoisotopic (exact) mass is 289 g/mol. The molecule has 20 heavy (non-hydrogen) atoms. The van der Waals surface area contributed by atoms with Gasteiger partial charge in [-0.05, 0) is 19.1 Å². The van der Waals surface area contributed by atoms with E-state index in [2.05, 4.69) is 4.74 Å². The molecule has 0 saturated heterocycles. The summed E-state index contributed by atoms with van der Waals surface area (Å²) < 4.78 is 42.4. The van der Waals surface area contributed by atoms with Crippen LogP contribution in [0.4, 0.5) is 8.78 Å². The predicted molar refractivity (Wildman–Crippen MR) is 68.1 cm³/mol. The Morgan fingerprint density at radius 3 is 2.20 bits per heavy atom. The van der Waals surface area contributed by atoms with Crippen molar-refractivity contribution in [3.05, 3.63) is 23.8 Å². The Hall–Kier alpha value is -1.89. The van der Waals surface area contributed by atoms with Crippen LogP contribution < -0.4 is 15.2 Å². The van der Waals surface area contributed by atoms with E-state index in [1.54, 1.807) is 6.07 Å². The van der Waals surface area contributed by atoms with Crippen molar-refractivity contribution in [3.63, 3.8) is 0 Å². The third-order valence-corrected chi connectivity index (χ3v) is 2.72. The maximum absolute atomic E-state index is 14.0. The molecule has 0 bridgehead atoms. The lowest BCUT2D eigenvalue weighted by molar-refractivity contribution is -0.174. The number of methoxy groups -OCH3 is 2. The van der Waals surface area contributed by atoms with Gasteiger partial charge in [-0.3, -0.25) is 0 Å². The first-order valence-electron chi connectivity index (χ1n) is 5.91. The Labute approximate surface area is 115 Å². The van der Waals surface area contributed by atoms with E-state index in [4.69, 9.17) is 15.2 Å². The average Bonchev–Trinajstić information content (AvgIpc) is 2.45. The van der Waals surface area contributed by atoms with Crippen LogP contribution in [-0.4, -0.2) is 32.7 Å². The van der Waals surface area contributed by atoms with E-state index in [1.165, 1.54) is 33.3 Å². The summed E-state index contributed by atoms with van der Waals surface area (Å²) in [4.78, 5) is 11.3. The molecule has 1 aromatic rings. The molecule has 1 rings (SSSR count). The molecule has 0 aromatic heterocycles. The molecule has 0 aliphatic heterocycles. The number of carbonyl (C=O) groups excluding carboxylic acids is 1. The summed E-state index contributed by atoms with van der Waals surface area (Å²) in [5.41, 5.74) is 5.46. The van der Waals surface area contributed by atoms with Crippen molar-refractivity contribution < 1.29 is 27.8 Å². The summed E-state index contributed by atoms with van der Waals surface area (Å²) in [5.74, 6) is -5.35. The molecule has 0 unspecified atom stereocenters. The Balaban J connectivity index is 3.25. The second kappa shape index (κ2) is 6.51. The number of nitrogens with two attached hydrogens (primary N) is 1. The van der Waals surface area contributed by atoms with Gasteiger partial charge in [0, 0.05) is 0 Å². The van der Waals surface area contributed by atoms with Gasteiger partial charge in [0.05, 0.1) is 26.4 Å². The maximum Gasteiger partial charge on any atom is 0.379 e. The fourth-order valence-corrected chi connectivity index (χ4v) is 1.72. The number of alkyl halides is 2. The van der Waals surface area contributed by atoms with Gasteiger partial charge in [0.2, 0.25) is 0 Å². The third kappa shape index (κ3) is 2.98. The van der Waals surface area contributed by atoms with E-state index in [-0.39, 0.29) is 23.7 Å². The normalized spacial score (nSPS) is 12.7.